The van der Waals surface area contributed by atoms with Crippen LogP contribution in [0.5, 0.6) is 0 Å². The van der Waals surface area contributed by atoms with Gasteiger partial charge in [-0.1, -0.05) is 63.6 Å². The first-order valence-electron chi connectivity index (χ1n) is 25.0. The molecule has 5 amide bonds. The van der Waals surface area contributed by atoms with E-state index < -0.39 is 12.1 Å². The van der Waals surface area contributed by atoms with E-state index in [0.29, 0.717) is 44.6 Å². The zero-order valence-electron chi connectivity index (χ0n) is 45.4. The van der Waals surface area contributed by atoms with Gasteiger partial charge in [-0.3, -0.25) is 24.2 Å². The highest BCUT2D eigenvalue weighted by atomic mass is 32.2. The summed E-state index contributed by atoms with van der Waals surface area (Å²) in [6.07, 6.45) is 15.5. The fourth-order valence-electron chi connectivity index (χ4n) is 7.05. The Morgan fingerprint density at radius 3 is 2.19 bits per heavy atom. The number of benzene rings is 3. The molecule has 2 heterocycles. The molecule has 0 spiro atoms. The molecule has 19 nitrogen and oxygen atoms in total. The van der Waals surface area contributed by atoms with Gasteiger partial charge in [0.15, 0.2) is 0 Å². The number of nitrogens with one attached hydrogen (secondary N) is 5. The van der Waals surface area contributed by atoms with Gasteiger partial charge < -0.3 is 63.3 Å². The van der Waals surface area contributed by atoms with E-state index in [2.05, 4.69) is 169 Å². The number of carbonyl (C=O) groups excluding carboxylic acids is 5. The van der Waals surface area contributed by atoms with Crippen LogP contribution >= 0.6 is 11.9 Å². The average molecular weight is 1060 g/mol. The van der Waals surface area contributed by atoms with Gasteiger partial charge >= 0.3 is 6.03 Å². The zero-order chi connectivity index (χ0) is 56.6. The number of hydrogen-bond acceptors (Lipinski definition) is 13. The number of nitrogens with zero attached hydrogens (tertiary/aromatic N) is 3. The quantitative estimate of drug-likeness (QED) is 0.0230. The van der Waals surface area contributed by atoms with E-state index in [1.54, 1.807) is 7.05 Å². The van der Waals surface area contributed by atoms with Crippen molar-refractivity contribution in [2.24, 2.45) is 28.1 Å². The van der Waals surface area contributed by atoms with Crippen molar-refractivity contribution in [2.45, 2.75) is 103 Å². The van der Waals surface area contributed by atoms with Crippen molar-refractivity contribution in [1.82, 2.24) is 25.2 Å². The summed E-state index contributed by atoms with van der Waals surface area (Å²) in [4.78, 5) is 70.2. The number of aliphatic imine (C=N–C) groups is 1. The lowest BCUT2D eigenvalue weighted by Crippen LogP contribution is -2.44. The van der Waals surface area contributed by atoms with Crippen molar-refractivity contribution < 1.29 is 38.6 Å². The van der Waals surface area contributed by atoms with Crippen LogP contribution in [0, 0.1) is 18.8 Å². The van der Waals surface area contributed by atoms with Crippen LogP contribution in [0.15, 0.2) is 82.2 Å². The number of aldehydes is 1. The molecule has 3 aromatic carbocycles. The third-order valence-electron chi connectivity index (χ3n) is 10.5. The molecule has 1 atom stereocenters. The van der Waals surface area contributed by atoms with Gasteiger partial charge in [0.2, 0.25) is 18.2 Å². The first kappa shape index (κ1) is 68.2. The lowest BCUT2D eigenvalue weighted by Gasteiger charge is -2.37. The Hall–Kier alpha value is -6.76. The molecule has 20 heteroatoms. The van der Waals surface area contributed by atoms with Crippen molar-refractivity contribution >= 4 is 72.2 Å². The van der Waals surface area contributed by atoms with Crippen molar-refractivity contribution in [2.75, 3.05) is 77.1 Å². The summed E-state index contributed by atoms with van der Waals surface area (Å²) >= 11 is 1.81. The summed E-state index contributed by atoms with van der Waals surface area (Å²) < 4.78 is 8.42. The van der Waals surface area contributed by atoms with Gasteiger partial charge in [-0.05, 0) is 124 Å². The van der Waals surface area contributed by atoms with Gasteiger partial charge in [0.1, 0.15) is 12.1 Å². The van der Waals surface area contributed by atoms with Crippen LogP contribution in [0.3, 0.4) is 0 Å². The molecular formula is C55H85N11O8S. The number of nitrogens with two attached hydrogens (primary N) is 3. The minimum Gasteiger partial charge on any atom is -0.483 e. The molecule has 5 rings (SSSR count). The summed E-state index contributed by atoms with van der Waals surface area (Å²) in [7, 11) is 3.72. The Morgan fingerprint density at radius 2 is 1.63 bits per heavy atom. The van der Waals surface area contributed by atoms with Gasteiger partial charge in [0.05, 0.1) is 25.8 Å². The number of urea groups is 1. The minimum atomic E-state index is -0.608. The van der Waals surface area contributed by atoms with Crippen molar-refractivity contribution in [1.29, 1.82) is 0 Å². The molecule has 2 aliphatic heterocycles. The van der Waals surface area contributed by atoms with Crippen LogP contribution < -0.4 is 43.8 Å². The molecule has 0 radical (unpaired) electrons. The van der Waals surface area contributed by atoms with Crippen molar-refractivity contribution in [3.05, 3.63) is 83.4 Å². The van der Waals surface area contributed by atoms with Crippen LogP contribution in [0.1, 0.15) is 91.2 Å². The number of amidine groups is 1. The van der Waals surface area contributed by atoms with Crippen LogP contribution in [0.4, 0.5) is 16.2 Å². The Bertz CT molecular complexity index is 2210. The number of terminal acetylenes is 1. The standard InChI is InChI=1S/C40H54N6O2S.C8H16N4O3.C3H8.C2H2.CH3NO.CH2O2/c1-7-19-45(20-9-18-43-40(2,3)4)39(47)34-21-33-15-14-32(23-37(33)44-38(24-34)42-6)31-10-8-11-36(22-31)49-46-25-30(26-46)28-48-27-29-12-16-35(41-5)17-13-29;9-4-7(14)12-6(5-13)2-1-3-11-8(10)15;1-3-2;1-2;2*2-1-3/h8,10-17,21-23,30,41,43H,7,9,18-20,24-28H2,1-6H3,(H,42,44);5-6H,1-4,9H2,(H,12,14)(H3,10,11,15);3H2,1-2H3;1-2H;1H,(H2,2,3);1H,(H,2,3)/t;6-;;;;/m.0..../s1. The van der Waals surface area contributed by atoms with Gasteiger partial charge in [0.25, 0.3) is 6.47 Å². The van der Waals surface area contributed by atoms with E-state index in [4.69, 9.17) is 30.9 Å². The average Bonchev–Trinajstić information content (AvgIpc) is 3.58. The van der Waals surface area contributed by atoms with E-state index in [0.717, 1.165) is 91.6 Å². The van der Waals surface area contributed by atoms with E-state index in [9.17, 15) is 19.2 Å². The lowest BCUT2D eigenvalue weighted by atomic mass is 10.0. The number of ether oxygens (including phenoxy) is 1. The van der Waals surface area contributed by atoms with E-state index in [-0.39, 0.29) is 36.8 Å². The Kier molecular flexibility index (Phi) is 36.9. The molecule has 1 fully saturated rings. The number of carbonyl (C=O) groups is 6. The molecule has 2 aliphatic rings. The maximum Gasteiger partial charge on any atom is 0.312 e. The second kappa shape index (κ2) is 40.6. The van der Waals surface area contributed by atoms with Crippen molar-refractivity contribution in [3.63, 3.8) is 0 Å². The Labute approximate surface area is 450 Å². The first-order chi connectivity index (χ1) is 36.0. The van der Waals surface area contributed by atoms with Crippen LogP contribution in [0.2, 0.25) is 0 Å². The number of rotatable bonds is 22. The third-order valence-corrected chi connectivity index (χ3v) is 11.5. The second-order valence-electron chi connectivity index (χ2n) is 18.0. The summed E-state index contributed by atoms with van der Waals surface area (Å²) in [5, 5.41) is 21.9. The lowest BCUT2D eigenvalue weighted by molar-refractivity contribution is -0.127. The molecule has 0 aromatic heterocycles. The minimum absolute atomic E-state index is 0.0685. The number of amides is 5. The maximum atomic E-state index is 13.8. The largest absolute Gasteiger partial charge is 0.483 e. The normalized spacial score (nSPS) is 13.3. The molecular weight excluding hydrogens is 975 g/mol. The first-order valence-corrected chi connectivity index (χ1v) is 25.8. The number of anilines is 2. The van der Waals surface area contributed by atoms with Gasteiger partial charge in [-0.15, -0.1) is 12.8 Å². The number of fused-ring (bicyclic) bond motifs is 1. The third kappa shape index (κ3) is 29.7. The molecule has 0 unspecified atom stereocenters. The van der Waals surface area contributed by atoms with Gasteiger partial charge in [0, 0.05) is 86.5 Å². The predicted octanol–water partition coefficient (Wildman–Crippen LogP) is 6.34. The number of primary amides is 2. The summed E-state index contributed by atoms with van der Waals surface area (Å²) in [6, 6.07) is 22.4. The zero-order valence-corrected chi connectivity index (χ0v) is 46.2. The molecule has 0 bridgehead atoms. The Balaban J connectivity index is 0.00000175. The highest BCUT2D eigenvalue weighted by Gasteiger charge is 2.28. The monoisotopic (exact) mass is 1060 g/mol. The highest BCUT2D eigenvalue weighted by molar-refractivity contribution is 7.97. The summed E-state index contributed by atoms with van der Waals surface area (Å²) in [6.45, 7) is 18.7. The smallest absolute Gasteiger partial charge is 0.312 e. The van der Waals surface area contributed by atoms with Crippen molar-refractivity contribution in [3.8, 4) is 24.0 Å². The topological polar surface area (TPSA) is 289 Å². The van der Waals surface area contributed by atoms with E-state index >= 15 is 0 Å². The van der Waals surface area contributed by atoms with Gasteiger partial charge in [-0.25, -0.2) is 9.10 Å². The summed E-state index contributed by atoms with van der Waals surface area (Å²) in [5.74, 6) is 1.08. The fourth-order valence-corrected chi connectivity index (χ4v) is 8.24. The van der Waals surface area contributed by atoms with E-state index in [1.807, 2.05) is 23.9 Å². The van der Waals surface area contributed by atoms with Crippen LogP contribution in [0.25, 0.3) is 17.2 Å². The van der Waals surface area contributed by atoms with E-state index in [1.165, 1.54) is 16.9 Å². The predicted molar refractivity (Wildman–Crippen MR) is 306 cm³/mol. The molecule has 1 saturated heterocycles. The number of carboxylic acid groups (broad SMARTS) is 1. The Morgan fingerprint density at radius 1 is 0.987 bits per heavy atom. The maximum absolute atomic E-state index is 13.8. The molecule has 0 saturated carbocycles. The second-order valence-corrected chi connectivity index (χ2v) is 19.1. The molecule has 12 N–H and O–H groups in total. The molecule has 3 aromatic rings. The summed E-state index contributed by atoms with van der Waals surface area (Å²) in [5.41, 5.74) is 21.5. The van der Waals surface area contributed by atoms with Crippen LogP contribution in [-0.4, -0.2) is 135 Å². The number of hydrogen-bond donors (Lipinski definition) is 9. The fraction of sp³-hybridized carbons (Fsp3) is 0.473. The molecule has 414 valence electrons. The molecule has 0 aliphatic carbocycles. The molecule has 75 heavy (non-hydrogen) atoms. The van der Waals surface area contributed by atoms with Gasteiger partial charge in [-0.2, -0.15) is 0 Å². The van der Waals surface area contributed by atoms with Crippen LogP contribution in [-0.2, 0) is 35.3 Å². The SMILES string of the molecule is C#C.CCC.CCCN(CCCNC(C)(C)C)C(=O)C1=Cc2ccc(-c3cccc(SN4CC(COCc5ccc(NC)cc5)C4)c3)cc2NC(=NC)C1.NC=O.NCC(=O)N[C@H](C=O)CCCNC(N)=O.O=CO. The highest BCUT2D eigenvalue weighted by Crippen LogP contribution is 2.35.